The monoisotopic (exact) mass is 411 g/mol. The SMILES string of the molecule is CN1CCC[C@@H](C(=O)NC(=N)[C@@H]2CC[C@@H]3CN2C(=O)N3OS(=O)(=O)[O-])C1.[Na+]. The smallest absolute Gasteiger partial charge is 0.724 e. The zero-order valence-electron chi connectivity index (χ0n) is 15.4. The molecule has 0 radical (unpaired) electrons. The Morgan fingerprint density at radius 1 is 1.30 bits per heavy atom. The van der Waals surface area contributed by atoms with E-state index >= 15 is 0 Å². The van der Waals surface area contributed by atoms with E-state index in [1.54, 1.807) is 0 Å². The van der Waals surface area contributed by atoms with E-state index in [0.717, 1.165) is 19.4 Å². The van der Waals surface area contributed by atoms with Crippen molar-refractivity contribution in [3.63, 3.8) is 0 Å². The molecule has 13 heteroatoms. The maximum Gasteiger partial charge on any atom is 1.00 e. The molecule has 27 heavy (non-hydrogen) atoms. The molecule has 0 spiro atoms. The molecule has 3 atom stereocenters. The maximum atomic E-state index is 12.4. The number of amidine groups is 1. The van der Waals surface area contributed by atoms with Crippen LogP contribution in [0.25, 0.3) is 0 Å². The van der Waals surface area contributed by atoms with Crippen LogP contribution in [0.5, 0.6) is 0 Å². The van der Waals surface area contributed by atoms with Crippen molar-refractivity contribution in [2.45, 2.75) is 37.8 Å². The van der Waals surface area contributed by atoms with Crippen molar-refractivity contribution in [3.05, 3.63) is 0 Å². The molecule has 3 amide bonds. The number of nitrogens with one attached hydrogen (secondary N) is 2. The number of piperidine rings is 2. The fourth-order valence-corrected chi connectivity index (χ4v) is 4.21. The summed E-state index contributed by atoms with van der Waals surface area (Å²) in [5.74, 6) is -0.544. The summed E-state index contributed by atoms with van der Waals surface area (Å²) in [6.45, 7) is 1.70. The van der Waals surface area contributed by atoms with Gasteiger partial charge in [0.1, 0.15) is 5.84 Å². The minimum atomic E-state index is -5.06. The average molecular weight is 411 g/mol. The Morgan fingerprint density at radius 3 is 2.63 bits per heavy atom. The summed E-state index contributed by atoms with van der Waals surface area (Å²) in [5.41, 5.74) is 0. The van der Waals surface area contributed by atoms with E-state index in [1.165, 1.54) is 4.90 Å². The van der Waals surface area contributed by atoms with Gasteiger partial charge in [-0.05, 0) is 39.3 Å². The van der Waals surface area contributed by atoms with Crippen molar-refractivity contribution in [3.8, 4) is 0 Å². The minimum absolute atomic E-state index is 0. The van der Waals surface area contributed by atoms with Gasteiger partial charge in [-0.25, -0.2) is 13.2 Å². The van der Waals surface area contributed by atoms with Crippen LogP contribution in [0.2, 0.25) is 0 Å². The summed E-state index contributed by atoms with van der Waals surface area (Å²) in [6.07, 6.45) is 2.40. The molecule has 3 saturated heterocycles. The van der Waals surface area contributed by atoms with Gasteiger partial charge in [-0.3, -0.25) is 10.2 Å². The fourth-order valence-electron chi connectivity index (χ4n) is 3.83. The second-order valence-corrected chi connectivity index (χ2v) is 7.96. The molecule has 3 fully saturated rings. The van der Waals surface area contributed by atoms with Gasteiger partial charge in [0.05, 0.1) is 18.0 Å². The van der Waals surface area contributed by atoms with Gasteiger partial charge in [0.25, 0.3) is 0 Å². The van der Waals surface area contributed by atoms with Gasteiger partial charge >= 0.3 is 35.6 Å². The Morgan fingerprint density at radius 2 is 2.00 bits per heavy atom. The molecule has 3 rings (SSSR count). The van der Waals surface area contributed by atoms with Crippen molar-refractivity contribution in [2.24, 2.45) is 5.92 Å². The van der Waals surface area contributed by atoms with Gasteiger partial charge in [-0.1, -0.05) is 0 Å². The third-order valence-electron chi connectivity index (χ3n) is 5.08. The molecule has 2 N–H and O–H groups in total. The van der Waals surface area contributed by atoms with Crippen LogP contribution < -0.4 is 34.9 Å². The predicted molar refractivity (Wildman–Crippen MR) is 87.6 cm³/mol. The average Bonchev–Trinajstić information content (AvgIpc) is 2.78. The van der Waals surface area contributed by atoms with E-state index < -0.39 is 28.5 Å². The Hall–Kier alpha value is -0.760. The van der Waals surface area contributed by atoms with Crippen LogP contribution in [0.3, 0.4) is 0 Å². The first-order valence-corrected chi connectivity index (χ1v) is 9.82. The molecular weight excluding hydrogens is 389 g/mol. The van der Waals surface area contributed by atoms with Crippen LogP contribution in [0.1, 0.15) is 25.7 Å². The van der Waals surface area contributed by atoms with Gasteiger partial charge < -0.3 is 19.7 Å². The Kier molecular flexibility index (Phi) is 7.28. The normalized spacial score (nSPS) is 28.7. The summed E-state index contributed by atoms with van der Waals surface area (Å²) in [6, 6.07) is -2.02. The number of urea groups is 1. The summed E-state index contributed by atoms with van der Waals surface area (Å²) >= 11 is 0. The Bertz CT molecular complexity index is 719. The number of hydrogen-bond donors (Lipinski definition) is 2. The second-order valence-electron chi connectivity index (χ2n) is 6.99. The number of carbonyl (C=O) groups excluding carboxylic acids is 2. The van der Waals surface area contributed by atoms with Crippen molar-refractivity contribution in [1.29, 1.82) is 5.41 Å². The predicted octanol–water partition coefficient (Wildman–Crippen LogP) is -3.91. The van der Waals surface area contributed by atoms with Gasteiger partial charge in [-0.2, -0.15) is 9.35 Å². The molecule has 3 heterocycles. The van der Waals surface area contributed by atoms with Crippen molar-refractivity contribution < 1.29 is 56.4 Å². The number of rotatable bonds is 4. The van der Waals surface area contributed by atoms with Gasteiger partial charge in [0, 0.05) is 13.1 Å². The van der Waals surface area contributed by atoms with E-state index in [4.69, 9.17) is 5.41 Å². The Balaban J connectivity index is 0.00000261. The summed E-state index contributed by atoms with van der Waals surface area (Å²) in [5, 5.41) is 11.3. The van der Waals surface area contributed by atoms with Gasteiger partial charge in [0.2, 0.25) is 16.3 Å². The molecule has 0 aromatic carbocycles. The molecule has 146 valence electrons. The summed E-state index contributed by atoms with van der Waals surface area (Å²) < 4.78 is 36.6. The first-order chi connectivity index (χ1) is 12.2. The zero-order valence-corrected chi connectivity index (χ0v) is 18.2. The number of carbonyl (C=O) groups is 2. The molecule has 0 unspecified atom stereocenters. The van der Waals surface area contributed by atoms with E-state index in [0.29, 0.717) is 24.4 Å². The van der Waals surface area contributed by atoms with Crippen LogP contribution in [0.4, 0.5) is 4.79 Å². The Labute approximate surface area is 180 Å². The second kappa shape index (κ2) is 8.72. The van der Waals surface area contributed by atoms with E-state index in [1.807, 2.05) is 7.05 Å². The van der Waals surface area contributed by atoms with Crippen LogP contribution >= 0.6 is 0 Å². The van der Waals surface area contributed by atoms with E-state index in [9.17, 15) is 22.6 Å². The first kappa shape index (κ1) is 22.5. The molecule has 11 nitrogen and oxygen atoms in total. The van der Waals surface area contributed by atoms with Crippen LogP contribution in [-0.4, -0.2) is 84.4 Å². The third kappa shape index (κ3) is 5.19. The number of nitrogens with zero attached hydrogens (tertiary/aromatic N) is 3. The maximum absolute atomic E-state index is 12.4. The largest absolute Gasteiger partial charge is 1.00 e. The minimum Gasteiger partial charge on any atom is -0.724 e. The first-order valence-electron chi connectivity index (χ1n) is 8.49. The molecule has 0 saturated carbocycles. The summed E-state index contributed by atoms with van der Waals surface area (Å²) in [7, 11) is -3.12. The number of hydroxylamine groups is 2. The van der Waals surface area contributed by atoms with Gasteiger partial charge in [-0.15, -0.1) is 0 Å². The third-order valence-corrected chi connectivity index (χ3v) is 5.42. The van der Waals surface area contributed by atoms with E-state index in [-0.39, 0.29) is 53.8 Å². The zero-order chi connectivity index (χ0) is 19.1. The topological polar surface area (TPSA) is 146 Å². The molecule has 0 aliphatic carbocycles. The molecular formula is C14H22N5NaO6S. The molecule has 0 aromatic heterocycles. The van der Waals surface area contributed by atoms with Crippen molar-refractivity contribution in [2.75, 3.05) is 26.7 Å². The van der Waals surface area contributed by atoms with Crippen LogP contribution in [-0.2, 0) is 19.5 Å². The number of likely N-dealkylation sites (tertiary alicyclic amines) is 1. The van der Waals surface area contributed by atoms with E-state index in [2.05, 4.69) is 14.5 Å². The quantitative estimate of drug-likeness (QED) is 0.158. The van der Waals surface area contributed by atoms with Crippen molar-refractivity contribution in [1.82, 2.24) is 20.2 Å². The number of amides is 3. The molecule has 3 aliphatic rings. The summed E-state index contributed by atoms with van der Waals surface area (Å²) in [4.78, 5) is 28.0. The van der Waals surface area contributed by atoms with Crippen molar-refractivity contribution >= 4 is 28.2 Å². The molecule has 2 bridgehead atoms. The van der Waals surface area contributed by atoms with Gasteiger partial charge in [0.15, 0.2) is 0 Å². The molecule has 0 aromatic rings. The number of fused-ring (bicyclic) bond motifs is 2. The fraction of sp³-hybridized carbons (Fsp3) is 0.786. The number of hydrogen-bond acceptors (Lipinski definition) is 8. The standard InChI is InChI=1S/C14H23N5O6S.Na/c1-17-6-2-3-9(7-17)13(20)16-12(15)11-5-4-10-8-18(11)14(21)19(10)25-26(22,23)24;/h9-11H,2-8H2,1H3,(H2,15,16,20)(H,22,23,24);/q;+1/p-1/t9-,10-,11+;/m1./s1. The van der Waals surface area contributed by atoms with Crippen LogP contribution in [0, 0.1) is 11.3 Å². The molecule has 3 aliphatic heterocycles. The van der Waals surface area contributed by atoms with Crippen LogP contribution in [0.15, 0.2) is 0 Å².